The molecule has 0 aliphatic heterocycles. The quantitative estimate of drug-likeness (QED) is 0.320. The number of hydrogen-bond acceptors (Lipinski definition) is 4. The van der Waals surface area contributed by atoms with Crippen molar-refractivity contribution in [2.45, 2.75) is 33.1 Å². The minimum absolute atomic E-state index is 0.0444. The average molecular weight is 447 g/mol. The third-order valence-corrected chi connectivity index (χ3v) is 5.64. The second kappa shape index (κ2) is 8.29. The van der Waals surface area contributed by atoms with E-state index in [1.54, 1.807) is 48.5 Å². The summed E-state index contributed by atoms with van der Waals surface area (Å²) in [6, 6.07) is 19.4. The minimum Gasteiger partial charge on any atom is -0.452 e. The lowest BCUT2D eigenvalue weighted by atomic mass is 9.87. The maximum Gasteiger partial charge on any atom is 0.343 e. The van der Waals surface area contributed by atoms with E-state index in [2.05, 4.69) is 20.8 Å². The number of ether oxygens (including phenoxy) is 1. The van der Waals surface area contributed by atoms with Gasteiger partial charge in [-0.2, -0.15) is 0 Å². The predicted molar refractivity (Wildman–Crippen MR) is 128 cm³/mol. The van der Waals surface area contributed by atoms with E-state index in [1.165, 1.54) is 0 Å². The zero-order valence-corrected chi connectivity index (χ0v) is 19.1. The SMILES string of the molecule is Cc1ccc2c(=O)c(OC(=O)c3ccc(C(C)(C)C)cc3)c(-c3ccccc3Cl)oc2c1. The lowest BCUT2D eigenvalue weighted by molar-refractivity contribution is 0.0731. The molecule has 0 amide bonds. The number of rotatable bonds is 3. The minimum atomic E-state index is -0.641. The van der Waals surface area contributed by atoms with Gasteiger partial charge in [-0.25, -0.2) is 4.79 Å². The van der Waals surface area contributed by atoms with Crippen molar-refractivity contribution < 1.29 is 13.9 Å². The van der Waals surface area contributed by atoms with Gasteiger partial charge in [0.15, 0.2) is 5.76 Å². The molecule has 5 heteroatoms. The van der Waals surface area contributed by atoms with Crippen LogP contribution in [0.15, 0.2) is 75.9 Å². The van der Waals surface area contributed by atoms with Crippen LogP contribution in [0.5, 0.6) is 5.75 Å². The van der Waals surface area contributed by atoms with Gasteiger partial charge in [0.25, 0.3) is 0 Å². The molecule has 0 saturated heterocycles. The summed E-state index contributed by atoms with van der Waals surface area (Å²) in [5.74, 6) is -0.699. The van der Waals surface area contributed by atoms with E-state index in [-0.39, 0.29) is 16.9 Å². The Morgan fingerprint density at radius 2 is 1.66 bits per heavy atom. The molecule has 0 bridgehead atoms. The summed E-state index contributed by atoms with van der Waals surface area (Å²) in [6.07, 6.45) is 0. The Balaban J connectivity index is 1.84. The average Bonchev–Trinajstić information content (AvgIpc) is 2.75. The third-order valence-electron chi connectivity index (χ3n) is 5.31. The lowest BCUT2D eigenvalue weighted by Crippen LogP contribution is -2.17. The van der Waals surface area contributed by atoms with E-state index in [0.29, 0.717) is 27.1 Å². The molecule has 32 heavy (non-hydrogen) atoms. The van der Waals surface area contributed by atoms with Crippen LogP contribution in [-0.4, -0.2) is 5.97 Å². The molecule has 4 nitrogen and oxygen atoms in total. The van der Waals surface area contributed by atoms with Crippen molar-refractivity contribution in [1.29, 1.82) is 0 Å². The van der Waals surface area contributed by atoms with Crippen LogP contribution in [0.4, 0.5) is 0 Å². The summed E-state index contributed by atoms with van der Waals surface area (Å²) in [6.45, 7) is 8.19. The van der Waals surface area contributed by atoms with Crippen molar-refractivity contribution in [1.82, 2.24) is 0 Å². The highest BCUT2D eigenvalue weighted by molar-refractivity contribution is 6.33. The first kappa shape index (κ1) is 21.8. The van der Waals surface area contributed by atoms with Gasteiger partial charge in [-0.15, -0.1) is 0 Å². The van der Waals surface area contributed by atoms with Gasteiger partial charge in [0, 0.05) is 5.56 Å². The molecule has 0 spiro atoms. The number of aryl methyl sites for hydroxylation is 1. The van der Waals surface area contributed by atoms with Gasteiger partial charge < -0.3 is 9.15 Å². The first-order chi connectivity index (χ1) is 15.1. The molecule has 3 aromatic carbocycles. The maximum atomic E-state index is 13.3. The topological polar surface area (TPSA) is 56.5 Å². The number of halogens is 1. The Morgan fingerprint density at radius 3 is 2.31 bits per heavy atom. The van der Waals surface area contributed by atoms with Crippen LogP contribution in [0, 0.1) is 6.92 Å². The van der Waals surface area contributed by atoms with Crippen LogP contribution < -0.4 is 10.2 Å². The van der Waals surface area contributed by atoms with E-state index in [9.17, 15) is 9.59 Å². The molecule has 0 saturated carbocycles. The molecular formula is C27H23ClO4. The maximum absolute atomic E-state index is 13.3. The zero-order valence-electron chi connectivity index (χ0n) is 18.4. The third kappa shape index (κ3) is 4.19. The molecule has 0 N–H and O–H groups in total. The van der Waals surface area contributed by atoms with Crippen molar-refractivity contribution in [3.63, 3.8) is 0 Å². The summed E-state index contributed by atoms with van der Waals surface area (Å²) in [5, 5.41) is 0.715. The molecule has 4 rings (SSSR count). The Morgan fingerprint density at radius 1 is 0.969 bits per heavy atom. The summed E-state index contributed by atoms with van der Waals surface area (Å²) < 4.78 is 11.7. The number of esters is 1. The lowest BCUT2D eigenvalue weighted by Gasteiger charge is -2.19. The highest BCUT2D eigenvalue weighted by Crippen LogP contribution is 2.35. The van der Waals surface area contributed by atoms with E-state index < -0.39 is 11.4 Å². The van der Waals surface area contributed by atoms with E-state index in [4.69, 9.17) is 20.8 Å². The summed E-state index contributed by atoms with van der Waals surface area (Å²) in [4.78, 5) is 26.3. The second-order valence-electron chi connectivity index (χ2n) is 8.79. The Hall–Kier alpha value is -3.37. The zero-order chi connectivity index (χ0) is 23.0. The first-order valence-electron chi connectivity index (χ1n) is 10.3. The van der Waals surface area contributed by atoms with Crippen LogP contribution in [-0.2, 0) is 5.41 Å². The summed E-state index contributed by atoms with van der Waals surface area (Å²) in [7, 11) is 0. The molecular weight excluding hydrogens is 424 g/mol. The van der Waals surface area contributed by atoms with Crippen LogP contribution in [0.25, 0.3) is 22.3 Å². The smallest absolute Gasteiger partial charge is 0.343 e. The molecule has 1 heterocycles. The normalized spacial score (nSPS) is 11.5. The fourth-order valence-electron chi connectivity index (χ4n) is 3.46. The Kier molecular flexibility index (Phi) is 5.66. The number of fused-ring (bicyclic) bond motifs is 1. The van der Waals surface area contributed by atoms with Crippen molar-refractivity contribution >= 4 is 28.5 Å². The van der Waals surface area contributed by atoms with Crippen molar-refractivity contribution in [2.75, 3.05) is 0 Å². The van der Waals surface area contributed by atoms with Crippen molar-refractivity contribution in [3.8, 4) is 17.1 Å². The van der Waals surface area contributed by atoms with Gasteiger partial charge in [0.05, 0.1) is 16.0 Å². The van der Waals surface area contributed by atoms with Gasteiger partial charge in [-0.1, -0.05) is 62.7 Å². The number of carbonyl (C=O) groups excluding carboxylic acids is 1. The second-order valence-corrected chi connectivity index (χ2v) is 9.19. The molecule has 1 aromatic heterocycles. The number of hydrogen-bond donors (Lipinski definition) is 0. The molecule has 0 radical (unpaired) electrons. The monoisotopic (exact) mass is 446 g/mol. The summed E-state index contributed by atoms with van der Waals surface area (Å²) >= 11 is 6.38. The van der Waals surface area contributed by atoms with Gasteiger partial charge >= 0.3 is 5.97 Å². The number of carbonyl (C=O) groups is 1. The van der Waals surface area contributed by atoms with Gasteiger partial charge in [0.2, 0.25) is 11.2 Å². The fourth-order valence-corrected chi connectivity index (χ4v) is 3.68. The molecule has 0 aliphatic carbocycles. The van der Waals surface area contributed by atoms with Gasteiger partial charge in [-0.3, -0.25) is 4.79 Å². The molecule has 0 atom stereocenters. The highest BCUT2D eigenvalue weighted by atomic mass is 35.5. The standard InChI is InChI=1S/C27H23ClO4/c1-16-9-14-20-22(15-16)31-24(19-7-5-6-8-21(19)28)25(23(20)29)32-26(30)17-10-12-18(13-11-17)27(2,3)4/h5-15H,1-4H3. The molecule has 0 unspecified atom stereocenters. The molecule has 0 fully saturated rings. The van der Waals surface area contributed by atoms with Gasteiger partial charge in [0.1, 0.15) is 5.58 Å². The van der Waals surface area contributed by atoms with Crippen LogP contribution in [0.2, 0.25) is 5.02 Å². The van der Waals surface area contributed by atoms with E-state index in [1.807, 2.05) is 25.1 Å². The Labute approximate surface area is 191 Å². The molecule has 0 aliphatic rings. The van der Waals surface area contributed by atoms with Crippen molar-refractivity contribution in [3.05, 3.63) is 98.7 Å². The highest BCUT2D eigenvalue weighted by Gasteiger charge is 2.23. The fraction of sp³-hybridized carbons (Fsp3) is 0.185. The molecule has 4 aromatic rings. The van der Waals surface area contributed by atoms with Crippen LogP contribution >= 0.6 is 11.6 Å². The summed E-state index contributed by atoms with van der Waals surface area (Å²) in [5.41, 5.74) is 2.77. The molecule has 162 valence electrons. The van der Waals surface area contributed by atoms with Crippen LogP contribution in [0.3, 0.4) is 0 Å². The van der Waals surface area contributed by atoms with Crippen LogP contribution in [0.1, 0.15) is 42.3 Å². The first-order valence-corrected chi connectivity index (χ1v) is 10.7. The van der Waals surface area contributed by atoms with Gasteiger partial charge in [-0.05, 0) is 59.9 Å². The predicted octanol–water partition coefficient (Wildman–Crippen LogP) is 6.94. The van der Waals surface area contributed by atoms with Crippen molar-refractivity contribution in [2.24, 2.45) is 0 Å². The van der Waals surface area contributed by atoms with E-state index in [0.717, 1.165) is 11.1 Å². The Bertz CT molecular complexity index is 1380. The largest absolute Gasteiger partial charge is 0.452 e. The van der Waals surface area contributed by atoms with E-state index >= 15 is 0 Å². The number of benzene rings is 3.